The molecule has 1 aliphatic rings. The molecule has 1 N–H and O–H groups in total. The molecule has 0 saturated carbocycles. The Bertz CT molecular complexity index is 841. The smallest absolute Gasteiger partial charge is 0.118 e. The van der Waals surface area contributed by atoms with E-state index in [1.54, 1.807) is 7.11 Å². The van der Waals surface area contributed by atoms with Crippen LogP contribution in [0.2, 0.25) is 0 Å². The van der Waals surface area contributed by atoms with Crippen molar-refractivity contribution in [3.63, 3.8) is 0 Å². The van der Waals surface area contributed by atoms with Gasteiger partial charge >= 0.3 is 0 Å². The van der Waals surface area contributed by atoms with Crippen LogP contribution in [0.1, 0.15) is 17.3 Å². The Labute approximate surface area is 148 Å². The maximum atomic E-state index is 5.32. The lowest BCUT2D eigenvalue weighted by Gasteiger charge is -2.35. The normalized spacial score (nSPS) is 16.7. The summed E-state index contributed by atoms with van der Waals surface area (Å²) in [5.74, 6) is 0.884. The van der Waals surface area contributed by atoms with Crippen LogP contribution in [0.5, 0.6) is 5.75 Å². The number of aromatic nitrogens is 1. The predicted molar refractivity (Wildman–Crippen MR) is 101 cm³/mol. The topological polar surface area (TPSA) is 37.4 Å². The van der Waals surface area contributed by atoms with E-state index in [0.717, 1.165) is 43.1 Å². The third-order valence-electron chi connectivity index (χ3n) is 4.85. The number of hydrogen-bond acceptors (Lipinski definition) is 4. The van der Waals surface area contributed by atoms with E-state index in [9.17, 15) is 0 Å². The minimum atomic E-state index is 0.164. The molecule has 4 nitrogen and oxygen atoms in total. The molecule has 1 aromatic heterocycles. The number of hydrogen-bond donors (Lipinski definition) is 1. The summed E-state index contributed by atoms with van der Waals surface area (Å²) in [5, 5.41) is 4.62. The first-order valence-corrected chi connectivity index (χ1v) is 8.79. The number of benzene rings is 2. The fraction of sp³-hybridized carbons (Fsp3) is 0.286. The molecule has 1 unspecified atom stereocenters. The van der Waals surface area contributed by atoms with Gasteiger partial charge in [-0.2, -0.15) is 0 Å². The van der Waals surface area contributed by atoms with E-state index in [2.05, 4.69) is 52.7 Å². The van der Waals surface area contributed by atoms with E-state index in [1.807, 2.05) is 18.2 Å². The second-order valence-electron chi connectivity index (χ2n) is 6.39. The van der Waals surface area contributed by atoms with Crippen molar-refractivity contribution in [2.45, 2.75) is 6.04 Å². The standard InChI is InChI=1S/C21H23N3O/c1-25-18-9-6-17(7-10-18)21(24-14-12-22-13-15-24)20-11-8-16-4-2-3-5-19(16)23-20/h2-11,21-22H,12-15H2,1H3. The van der Waals surface area contributed by atoms with Crippen LogP contribution in [0, 0.1) is 0 Å². The Kier molecular flexibility index (Phi) is 4.63. The van der Waals surface area contributed by atoms with Crippen molar-refractivity contribution in [2.24, 2.45) is 0 Å². The molecular formula is C21H23N3O. The summed E-state index contributed by atoms with van der Waals surface area (Å²) in [6.07, 6.45) is 0. The van der Waals surface area contributed by atoms with Gasteiger partial charge in [0, 0.05) is 31.6 Å². The summed E-state index contributed by atoms with van der Waals surface area (Å²) < 4.78 is 5.32. The molecule has 2 heterocycles. The number of pyridine rings is 1. The molecule has 0 radical (unpaired) electrons. The molecule has 0 spiro atoms. The van der Waals surface area contributed by atoms with Crippen LogP contribution >= 0.6 is 0 Å². The van der Waals surface area contributed by atoms with Crippen molar-refractivity contribution in [3.05, 3.63) is 71.9 Å². The van der Waals surface area contributed by atoms with Crippen molar-refractivity contribution in [1.29, 1.82) is 0 Å². The number of fused-ring (bicyclic) bond motifs is 1. The van der Waals surface area contributed by atoms with Gasteiger partial charge in [-0.3, -0.25) is 9.88 Å². The number of para-hydroxylation sites is 1. The van der Waals surface area contributed by atoms with E-state index in [4.69, 9.17) is 9.72 Å². The Morgan fingerprint density at radius 1 is 0.960 bits per heavy atom. The highest BCUT2D eigenvalue weighted by Crippen LogP contribution is 2.30. The van der Waals surface area contributed by atoms with E-state index in [-0.39, 0.29) is 6.04 Å². The number of ether oxygens (including phenoxy) is 1. The van der Waals surface area contributed by atoms with Crippen molar-refractivity contribution >= 4 is 10.9 Å². The Morgan fingerprint density at radius 3 is 2.48 bits per heavy atom. The van der Waals surface area contributed by atoms with E-state index in [1.165, 1.54) is 10.9 Å². The zero-order chi connectivity index (χ0) is 17.1. The van der Waals surface area contributed by atoms with Crippen LogP contribution in [-0.2, 0) is 0 Å². The zero-order valence-corrected chi connectivity index (χ0v) is 14.5. The Balaban J connectivity index is 1.77. The molecule has 2 aromatic carbocycles. The highest BCUT2D eigenvalue weighted by atomic mass is 16.5. The molecule has 1 atom stereocenters. The molecule has 4 heteroatoms. The van der Waals surface area contributed by atoms with Crippen molar-refractivity contribution in [2.75, 3.05) is 33.3 Å². The molecule has 0 amide bonds. The molecule has 0 bridgehead atoms. The van der Waals surface area contributed by atoms with Gasteiger partial charge in [0.15, 0.2) is 0 Å². The highest BCUT2D eigenvalue weighted by molar-refractivity contribution is 5.78. The molecule has 1 saturated heterocycles. The Hall–Kier alpha value is -2.43. The third kappa shape index (κ3) is 3.36. The van der Waals surface area contributed by atoms with Crippen LogP contribution in [0.3, 0.4) is 0 Å². The number of methoxy groups -OCH3 is 1. The van der Waals surface area contributed by atoms with Gasteiger partial charge in [0.05, 0.1) is 24.4 Å². The van der Waals surface area contributed by atoms with Crippen molar-refractivity contribution in [3.8, 4) is 5.75 Å². The Morgan fingerprint density at radius 2 is 1.72 bits per heavy atom. The lowest BCUT2D eigenvalue weighted by atomic mass is 9.99. The van der Waals surface area contributed by atoms with Crippen LogP contribution in [0.25, 0.3) is 10.9 Å². The molecule has 3 aromatic rings. The first kappa shape index (κ1) is 16.1. The van der Waals surface area contributed by atoms with Gasteiger partial charge in [0.2, 0.25) is 0 Å². The van der Waals surface area contributed by atoms with Gasteiger partial charge < -0.3 is 10.1 Å². The van der Waals surface area contributed by atoms with E-state index in [0.29, 0.717) is 0 Å². The first-order chi connectivity index (χ1) is 12.3. The number of nitrogens with zero attached hydrogens (tertiary/aromatic N) is 2. The van der Waals surface area contributed by atoms with Crippen LogP contribution in [0.4, 0.5) is 0 Å². The summed E-state index contributed by atoms with van der Waals surface area (Å²) in [4.78, 5) is 7.49. The van der Waals surface area contributed by atoms with Gasteiger partial charge in [-0.15, -0.1) is 0 Å². The monoisotopic (exact) mass is 333 g/mol. The van der Waals surface area contributed by atoms with Gasteiger partial charge in [0.1, 0.15) is 5.75 Å². The van der Waals surface area contributed by atoms with Crippen molar-refractivity contribution in [1.82, 2.24) is 15.2 Å². The molecule has 1 fully saturated rings. The molecule has 0 aliphatic carbocycles. The maximum Gasteiger partial charge on any atom is 0.118 e. The van der Waals surface area contributed by atoms with Crippen molar-refractivity contribution < 1.29 is 4.74 Å². The molecule has 25 heavy (non-hydrogen) atoms. The summed E-state index contributed by atoms with van der Waals surface area (Å²) in [5.41, 5.74) is 3.41. The van der Waals surface area contributed by atoms with Crippen LogP contribution < -0.4 is 10.1 Å². The minimum Gasteiger partial charge on any atom is -0.497 e. The van der Waals surface area contributed by atoms with Gasteiger partial charge in [-0.1, -0.05) is 36.4 Å². The second-order valence-corrected chi connectivity index (χ2v) is 6.39. The molecule has 1 aliphatic heterocycles. The number of nitrogens with one attached hydrogen (secondary N) is 1. The molecule has 4 rings (SSSR count). The number of rotatable bonds is 4. The van der Waals surface area contributed by atoms with Gasteiger partial charge in [0.25, 0.3) is 0 Å². The average Bonchev–Trinajstić information content (AvgIpc) is 2.69. The molecular weight excluding hydrogens is 310 g/mol. The second kappa shape index (κ2) is 7.21. The largest absolute Gasteiger partial charge is 0.497 e. The van der Waals surface area contributed by atoms with E-state index < -0.39 is 0 Å². The first-order valence-electron chi connectivity index (χ1n) is 8.79. The lowest BCUT2D eigenvalue weighted by molar-refractivity contribution is 0.196. The maximum absolute atomic E-state index is 5.32. The van der Waals surface area contributed by atoms with Gasteiger partial charge in [-0.05, 0) is 29.8 Å². The highest BCUT2D eigenvalue weighted by Gasteiger charge is 2.25. The molecule has 128 valence electrons. The lowest BCUT2D eigenvalue weighted by Crippen LogP contribution is -2.45. The minimum absolute atomic E-state index is 0.164. The predicted octanol–water partition coefficient (Wildman–Crippen LogP) is 3.24. The number of piperazine rings is 1. The zero-order valence-electron chi connectivity index (χ0n) is 14.5. The fourth-order valence-electron chi connectivity index (χ4n) is 3.53. The SMILES string of the molecule is COc1ccc(C(c2ccc3ccccc3n2)N2CCNCC2)cc1. The van der Waals surface area contributed by atoms with Gasteiger partial charge in [-0.25, -0.2) is 0 Å². The summed E-state index contributed by atoms with van der Waals surface area (Å²) in [7, 11) is 1.70. The summed E-state index contributed by atoms with van der Waals surface area (Å²) in [6.45, 7) is 4.07. The van der Waals surface area contributed by atoms with Crippen LogP contribution in [0.15, 0.2) is 60.7 Å². The summed E-state index contributed by atoms with van der Waals surface area (Å²) >= 11 is 0. The quantitative estimate of drug-likeness (QED) is 0.795. The third-order valence-corrected chi connectivity index (χ3v) is 4.85. The van der Waals surface area contributed by atoms with E-state index >= 15 is 0 Å². The summed E-state index contributed by atoms with van der Waals surface area (Å²) in [6, 6.07) is 21.2. The van der Waals surface area contributed by atoms with Crippen LogP contribution in [-0.4, -0.2) is 43.2 Å². The average molecular weight is 333 g/mol. The fourth-order valence-corrected chi connectivity index (χ4v) is 3.53.